The molecule has 0 fully saturated rings. The first-order chi connectivity index (χ1) is 10.2. The summed E-state index contributed by atoms with van der Waals surface area (Å²) in [6.45, 7) is 0.240. The number of hydrogen-bond donors (Lipinski definition) is 3. The molecule has 0 aliphatic rings. The van der Waals surface area contributed by atoms with Crippen LogP contribution < -0.4 is 10.6 Å². The fourth-order valence-electron chi connectivity index (χ4n) is 2.09. The maximum atomic E-state index is 9.51. The molecule has 2 aromatic rings. The second kappa shape index (κ2) is 6.93. The van der Waals surface area contributed by atoms with Gasteiger partial charge in [-0.15, -0.1) is 0 Å². The van der Waals surface area contributed by atoms with Crippen molar-refractivity contribution in [1.29, 1.82) is 5.26 Å². The largest absolute Gasteiger partial charge is 0.395 e. The monoisotopic (exact) mass is 302 g/mol. The number of nitrogens with zero attached hydrogens (tertiary/aromatic N) is 2. The van der Waals surface area contributed by atoms with Crippen LogP contribution in [-0.2, 0) is 0 Å². The van der Waals surface area contributed by atoms with E-state index in [0.717, 1.165) is 5.56 Å². The zero-order valence-electron chi connectivity index (χ0n) is 11.5. The molecule has 0 bridgehead atoms. The Bertz CT molecular complexity index is 668. The number of anilines is 2. The van der Waals surface area contributed by atoms with Gasteiger partial charge >= 0.3 is 0 Å². The second-order valence-electron chi connectivity index (χ2n) is 4.25. The van der Waals surface area contributed by atoms with Crippen molar-refractivity contribution in [2.24, 2.45) is 0 Å². The number of aliphatic hydroxyl groups excluding tert-OH is 1. The zero-order chi connectivity index (χ0) is 15.2. The van der Waals surface area contributed by atoms with Gasteiger partial charge in [0.15, 0.2) is 5.15 Å². The number of nitrogens with one attached hydrogen (secondary N) is 2. The highest BCUT2D eigenvalue weighted by Gasteiger charge is 2.19. The molecule has 1 heterocycles. The summed E-state index contributed by atoms with van der Waals surface area (Å²) >= 11 is 6.21. The van der Waals surface area contributed by atoms with Crippen molar-refractivity contribution in [1.82, 2.24) is 4.98 Å². The summed E-state index contributed by atoms with van der Waals surface area (Å²) in [6.07, 6.45) is 0. The maximum absolute atomic E-state index is 9.51. The minimum atomic E-state index is -0.0569. The van der Waals surface area contributed by atoms with E-state index >= 15 is 0 Å². The molecule has 3 N–H and O–H groups in total. The molecule has 1 aromatic heterocycles. The maximum Gasteiger partial charge on any atom is 0.155 e. The van der Waals surface area contributed by atoms with Gasteiger partial charge in [0.2, 0.25) is 0 Å². The summed E-state index contributed by atoms with van der Waals surface area (Å²) in [6, 6.07) is 11.7. The molecule has 0 amide bonds. The Labute approximate surface area is 128 Å². The lowest BCUT2D eigenvalue weighted by molar-refractivity contribution is 0.311. The van der Waals surface area contributed by atoms with E-state index in [0.29, 0.717) is 29.2 Å². The number of pyridine rings is 1. The van der Waals surface area contributed by atoms with Crippen LogP contribution in [0.2, 0.25) is 5.15 Å². The number of rotatable bonds is 5. The van der Waals surface area contributed by atoms with Crippen molar-refractivity contribution in [2.75, 3.05) is 30.8 Å². The van der Waals surface area contributed by atoms with Gasteiger partial charge in [0, 0.05) is 19.2 Å². The van der Waals surface area contributed by atoms with Gasteiger partial charge in [-0.2, -0.15) is 5.26 Å². The highest BCUT2D eigenvalue weighted by atomic mass is 35.5. The molecule has 5 nitrogen and oxygen atoms in total. The van der Waals surface area contributed by atoms with E-state index in [-0.39, 0.29) is 11.8 Å². The first kappa shape index (κ1) is 15.1. The first-order valence-corrected chi connectivity index (χ1v) is 6.82. The molecule has 0 unspecified atom stereocenters. The van der Waals surface area contributed by atoms with E-state index < -0.39 is 0 Å². The van der Waals surface area contributed by atoms with E-state index in [1.165, 1.54) is 0 Å². The SMILES string of the molecule is CNc1c(Cl)nc(NCCO)c(C#N)c1-c1ccccc1. The summed E-state index contributed by atoms with van der Waals surface area (Å²) in [5.74, 6) is 0.370. The molecule has 6 heteroatoms. The van der Waals surface area contributed by atoms with Crippen LogP contribution in [0, 0.1) is 11.3 Å². The van der Waals surface area contributed by atoms with Crippen LogP contribution in [0.4, 0.5) is 11.5 Å². The van der Waals surface area contributed by atoms with Gasteiger partial charge in [-0.3, -0.25) is 0 Å². The minimum absolute atomic E-state index is 0.0569. The molecule has 0 spiro atoms. The lowest BCUT2D eigenvalue weighted by Gasteiger charge is -2.16. The van der Waals surface area contributed by atoms with Crippen molar-refractivity contribution in [3.8, 4) is 17.2 Å². The van der Waals surface area contributed by atoms with Crippen LogP contribution in [-0.4, -0.2) is 30.3 Å². The Kier molecular flexibility index (Phi) is 4.99. The van der Waals surface area contributed by atoms with Gasteiger partial charge in [-0.1, -0.05) is 41.9 Å². The molecule has 0 aliphatic heterocycles. The fourth-order valence-corrected chi connectivity index (χ4v) is 2.36. The van der Waals surface area contributed by atoms with Gasteiger partial charge in [-0.25, -0.2) is 4.98 Å². The third-order valence-corrected chi connectivity index (χ3v) is 3.26. The van der Waals surface area contributed by atoms with Crippen molar-refractivity contribution in [3.63, 3.8) is 0 Å². The summed E-state index contributed by atoms with van der Waals surface area (Å²) in [5.41, 5.74) is 2.56. The van der Waals surface area contributed by atoms with E-state index in [1.807, 2.05) is 30.3 Å². The molecule has 2 rings (SSSR count). The Morgan fingerprint density at radius 2 is 2.05 bits per heavy atom. The fraction of sp³-hybridized carbons (Fsp3) is 0.200. The van der Waals surface area contributed by atoms with Crippen LogP contribution in [0.3, 0.4) is 0 Å². The average molecular weight is 303 g/mol. The second-order valence-corrected chi connectivity index (χ2v) is 4.61. The lowest BCUT2D eigenvalue weighted by Crippen LogP contribution is -2.10. The van der Waals surface area contributed by atoms with Crippen molar-refractivity contribution in [3.05, 3.63) is 41.0 Å². The van der Waals surface area contributed by atoms with Crippen molar-refractivity contribution in [2.45, 2.75) is 0 Å². The summed E-state index contributed by atoms with van der Waals surface area (Å²) < 4.78 is 0. The average Bonchev–Trinajstić information content (AvgIpc) is 2.52. The summed E-state index contributed by atoms with van der Waals surface area (Å²) in [7, 11) is 1.73. The third-order valence-electron chi connectivity index (χ3n) is 2.98. The summed E-state index contributed by atoms with van der Waals surface area (Å²) in [4.78, 5) is 4.20. The minimum Gasteiger partial charge on any atom is -0.395 e. The third kappa shape index (κ3) is 3.07. The van der Waals surface area contributed by atoms with Crippen LogP contribution in [0.5, 0.6) is 0 Å². The predicted molar refractivity (Wildman–Crippen MR) is 84.5 cm³/mol. The molecule has 21 heavy (non-hydrogen) atoms. The topological polar surface area (TPSA) is 81.0 Å². The molecule has 0 aliphatic carbocycles. The molecular formula is C15H15ClN4O. The molecule has 0 radical (unpaired) electrons. The Hall–Kier alpha value is -2.29. The van der Waals surface area contributed by atoms with Crippen LogP contribution in [0.25, 0.3) is 11.1 Å². The quantitative estimate of drug-likeness (QED) is 0.740. The standard InChI is InChI=1S/C15H15ClN4O/c1-18-13-12(10-5-3-2-4-6-10)11(9-17)15(19-7-8-21)20-14(13)16/h2-6,18,21H,7-8H2,1H3,(H,19,20). The van der Waals surface area contributed by atoms with Gasteiger partial charge in [0.25, 0.3) is 0 Å². The number of nitriles is 1. The number of benzene rings is 1. The van der Waals surface area contributed by atoms with E-state index in [1.54, 1.807) is 7.05 Å². The normalized spacial score (nSPS) is 10.0. The number of halogens is 1. The smallest absolute Gasteiger partial charge is 0.155 e. The highest BCUT2D eigenvalue weighted by Crippen LogP contribution is 2.38. The Morgan fingerprint density at radius 3 is 2.62 bits per heavy atom. The van der Waals surface area contributed by atoms with Crippen LogP contribution in [0.15, 0.2) is 30.3 Å². The predicted octanol–water partition coefficient (Wildman–Crippen LogP) is 2.72. The molecule has 0 atom stereocenters. The van der Waals surface area contributed by atoms with E-state index in [2.05, 4.69) is 21.7 Å². The Morgan fingerprint density at radius 1 is 1.33 bits per heavy atom. The molecular weight excluding hydrogens is 288 g/mol. The van der Waals surface area contributed by atoms with E-state index in [9.17, 15) is 5.26 Å². The summed E-state index contributed by atoms with van der Waals surface area (Å²) in [5, 5.41) is 24.6. The lowest BCUT2D eigenvalue weighted by atomic mass is 9.99. The molecule has 108 valence electrons. The van der Waals surface area contributed by atoms with Gasteiger partial charge in [-0.05, 0) is 5.56 Å². The molecule has 1 aromatic carbocycles. The van der Waals surface area contributed by atoms with Crippen LogP contribution >= 0.6 is 11.6 Å². The van der Waals surface area contributed by atoms with Gasteiger partial charge < -0.3 is 15.7 Å². The molecule has 0 saturated heterocycles. The molecule has 0 saturated carbocycles. The first-order valence-electron chi connectivity index (χ1n) is 6.44. The van der Waals surface area contributed by atoms with E-state index in [4.69, 9.17) is 16.7 Å². The Balaban J connectivity index is 2.70. The van der Waals surface area contributed by atoms with Crippen molar-refractivity contribution >= 4 is 23.1 Å². The zero-order valence-corrected chi connectivity index (χ0v) is 12.3. The van der Waals surface area contributed by atoms with Crippen LogP contribution in [0.1, 0.15) is 5.56 Å². The number of hydrogen-bond acceptors (Lipinski definition) is 5. The van der Waals surface area contributed by atoms with Gasteiger partial charge in [0.05, 0.1) is 12.3 Å². The van der Waals surface area contributed by atoms with Crippen molar-refractivity contribution < 1.29 is 5.11 Å². The highest BCUT2D eigenvalue weighted by molar-refractivity contribution is 6.33. The van der Waals surface area contributed by atoms with Gasteiger partial charge in [0.1, 0.15) is 17.5 Å². The number of aromatic nitrogens is 1. The number of aliphatic hydroxyl groups is 1.